The molecule has 0 amide bonds. The molecule has 2 aromatic heterocycles. The highest BCUT2D eigenvalue weighted by atomic mass is 16.3. The Labute approximate surface area is 382 Å². The van der Waals surface area contributed by atoms with E-state index in [9.17, 15) is 5.11 Å². The van der Waals surface area contributed by atoms with Gasteiger partial charge in [-0.2, -0.15) is 0 Å². The molecule has 4 heteroatoms. The monoisotopic (exact) mass is 846 g/mol. The molecule has 0 atom stereocenters. The lowest BCUT2D eigenvalue weighted by atomic mass is 9.78. The quantitative estimate of drug-likeness (QED) is 0.188. The number of phenols is 1. The van der Waals surface area contributed by atoms with E-state index in [2.05, 4.69) is 205 Å². The van der Waals surface area contributed by atoms with E-state index in [1.54, 1.807) is 6.07 Å². The van der Waals surface area contributed by atoms with Crippen LogP contribution >= 0.6 is 0 Å². The van der Waals surface area contributed by atoms with Crippen molar-refractivity contribution < 1.29 is 5.11 Å². The fraction of sp³-hybridized carbons (Fsp3) is 0.333. The number of imidazole rings is 1. The van der Waals surface area contributed by atoms with Crippen LogP contribution < -0.4 is 0 Å². The van der Waals surface area contributed by atoms with E-state index in [4.69, 9.17) is 9.97 Å². The van der Waals surface area contributed by atoms with E-state index < -0.39 is 0 Å². The number of nitrogens with zero attached hydrogens (tertiary/aromatic N) is 3. The first-order chi connectivity index (χ1) is 29.8. The Kier molecular flexibility index (Phi) is 10.9. The molecule has 0 saturated carbocycles. The van der Waals surface area contributed by atoms with E-state index in [0.717, 1.165) is 49.9 Å². The molecule has 2 heterocycles. The zero-order chi connectivity index (χ0) is 46.3. The molecule has 0 unspecified atom stereocenters. The van der Waals surface area contributed by atoms with Crippen LogP contribution in [0.2, 0.25) is 0 Å². The normalized spacial score (nSPS) is 13.0. The zero-order valence-electron chi connectivity index (χ0n) is 40.9. The highest BCUT2D eigenvalue weighted by Crippen LogP contribution is 2.44. The SMILES string of the molecule is CC(C)(C)c1ccc(-n2c(-c3ccccc3O)nc3c(-c4cccc(-c5cc(C(C)(C)C)cc6c(-c7cc(C(C)(C)C)cc(C(C)(C)C)c7)ccnc56)c4)cc(C(C)(C)C)cc32)cc1. The lowest BCUT2D eigenvalue weighted by molar-refractivity contribution is 0.477. The van der Waals surface area contributed by atoms with Crippen LogP contribution in [0.15, 0.2) is 128 Å². The van der Waals surface area contributed by atoms with Crippen LogP contribution in [0.4, 0.5) is 0 Å². The van der Waals surface area contributed by atoms with E-state index in [1.807, 2.05) is 24.4 Å². The third-order valence-electron chi connectivity index (χ3n) is 12.9. The van der Waals surface area contributed by atoms with Crippen LogP contribution in [0.25, 0.3) is 72.4 Å². The van der Waals surface area contributed by atoms with Gasteiger partial charge in [0.15, 0.2) is 0 Å². The van der Waals surface area contributed by atoms with Crippen molar-refractivity contribution in [3.63, 3.8) is 0 Å². The van der Waals surface area contributed by atoms with Gasteiger partial charge in [0.2, 0.25) is 0 Å². The molecule has 0 aliphatic carbocycles. The topological polar surface area (TPSA) is 50.9 Å². The molecule has 8 rings (SSSR count). The van der Waals surface area contributed by atoms with Gasteiger partial charge < -0.3 is 5.11 Å². The second-order valence-corrected chi connectivity index (χ2v) is 23.1. The largest absolute Gasteiger partial charge is 0.507 e. The summed E-state index contributed by atoms with van der Waals surface area (Å²) >= 11 is 0. The van der Waals surface area contributed by atoms with Crippen molar-refractivity contribution in [2.24, 2.45) is 0 Å². The van der Waals surface area contributed by atoms with Crippen LogP contribution in [0.1, 0.15) is 132 Å². The van der Waals surface area contributed by atoms with Crippen molar-refractivity contribution in [3.8, 4) is 56.2 Å². The highest BCUT2D eigenvalue weighted by molar-refractivity contribution is 6.04. The molecular formula is C60H67N3O. The van der Waals surface area contributed by atoms with Gasteiger partial charge in [0.25, 0.3) is 0 Å². The maximum Gasteiger partial charge on any atom is 0.149 e. The summed E-state index contributed by atoms with van der Waals surface area (Å²) in [6.45, 7) is 34.2. The van der Waals surface area contributed by atoms with Gasteiger partial charge in [-0.15, -0.1) is 0 Å². The van der Waals surface area contributed by atoms with Crippen molar-refractivity contribution in [2.75, 3.05) is 0 Å². The molecule has 8 aromatic rings. The van der Waals surface area contributed by atoms with Crippen molar-refractivity contribution in [3.05, 3.63) is 155 Å². The van der Waals surface area contributed by atoms with Gasteiger partial charge in [-0.1, -0.05) is 165 Å². The molecular weight excluding hydrogens is 779 g/mol. The summed E-state index contributed by atoms with van der Waals surface area (Å²) in [7, 11) is 0. The lowest BCUT2D eigenvalue weighted by Gasteiger charge is -2.27. The summed E-state index contributed by atoms with van der Waals surface area (Å²) in [6, 6.07) is 44.0. The van der Waals surface area contributed by atoms with Gasteiger partial charge in [0.1, 0.15) is 11.6 Å². The second kappa shape index (κ2) is 15.6. The van der Waals surface area contributed by atoms with Crippen LogP contribution in [0.3, 0.4) is 0 Å². The van der Waals surface area contributed by atoms with Gasteiger partial charge in [0.05, 0.1) is 22.1 Å². The number of aromatic hydroxyl groups is 1. The minimum atomic E-state index is -0.157. The van der Waals surface area contributed by atoms with E-state index >= 15 is 0 Å². The molecule has 4 nitrogen and oxygen atoms in total. The van der Waals surface area contributed by atoms with Crippen LogP contribution in [0.5, 0.6) is 5.75 Å². The van der Waals surface area contributed by atoms with Crippen LogP contribution in [0, 0.1) is 0 Å². The summed E-state index contributed by atoms with van der Waals surface area (Å²) in [6.07, 6.45) is 1.99. The van der Waals surface area contributed by atoms with Crippen LogP contribution in [-0.2, 0) is 27.1 Å². The van der Waals surface area contributed by atoms with Gasteiger partial charge in [-0.3, -0.25) is 9.55 Å². The first-order valence-electron chi connectivity index (χ1n) is 23.0. The molecule has 0 fully saturated rings. The fourth-order valence-electron chi connectivity index (χ4n) is 8.71. The van der Waals surface area contributed by atoms with Crippen molar-refractivity contribution >= 4 is 21.9 Å². The molecule has 328 valence electrons. The van der Waals surface area contributed by atoms with Crippen molar-refractivity contribution in [1.82, 2.24) is 14.5 Å². The molecule has 1 N–H and O–H groups in total. The Morgan fingerprint density at radius 2 is 0.922 bits per heavy atom. The van der Waals surface area contributed by atoms with Crippen molar-refractivity contribution in [2.45, 2.75) is 131 Å². The van der Waals surface area contributed by atoms with Gasteiger partial charge >= 0.3 is 0 Å². The Balaban J connectivity index is 1.39. The number of pyridine rings is 1. The molecule has 6 aromatic carbocycles. The van der Waals surface area contributed by atoms with E-state index in [-0.39, 0.29) is 32.8 Å². The average Bonchev–Trinajstić information content (AvgIpc) is 3.60. The summed E-state index contributed by atoms with van der Waals surface area (Å²) in [5.74, 6) is 0.896. The van der Waals surface area contributed by atoms with Gasteiger partial charge in [-0.05, 0) is 138 Å². The standard InChI is InChI=1S/C60H67N3O/c1-56(2,3)40-23-25-45(26-24-40)63-51-36-44(60(13,14)15)34-49(54(51)62-55(63)47-21-16-17-22-52(47)64)38-20-18-19-37(29-38)48-33-43(59(10,11)12)35-50-46(27-28-61-53(48)50)39-30-41(57(4,5)6)32-42(31-39)58(7,8)9/h16-36,64H,1-15H3. The molecule has 0 spiro atoms. The van der Waals surface area contributed by atoms with E-state index in [0.29, 0.717) is 11.4 Å². The Morgan fingerprint density at radius 1 is 0.406 bits per heavy atom. The number of hydrogen-bond donors (Lipinski definition) is 1. The smallest absolute Gasteiger partial charge is 0.149 e. The third-order valence-corrected chi connectivity index (χ3v) is 12.9. The Bertz CT molecular complexity index is 3020. The summed E-state index contributed by atoms with van der Waals surface area (Å²) in [5, 5.41) is 12.5. The van der Waals surface area contributed by atoms with E-state index in [1.165, 1.54) is 38.9 Å². The lowest BCUT2D eigenvalue weighted by Crippen LogP contribution is -2.16. The number of rotatable bonds is 5. The zero-order valence-corrected chi connectivity index (χ0v) is 40.9. The number of para-hydroxylation sites is 1. The predicted molar refractivity (Wildman–Crippen MR) is 273 cm³/mol. The number of aromatic nitrogens is 3. The summed E-state index contributed by atoms with van der Waals surface area (Å²) in [5.41, 5.74) is 17.4. The number of phenolic OH excluding ortho intramolecular Hbond substituents is 1. The molecule has 0 bridgehead atoms. The molecule has 0 radical (unpaired) electrons. The van der Waals surface area contributed by atoms with Crippen molar-refractivity contribution in [1.29, 1.82) is 0 Å². The molecule has 0 saturated heterocycles. The second-order valence-electron chi connectivity index (χ2n) is 23.1. The first kappa shape index (κ1) is 44.6. The Hall–Kier alpha value is -6.00. The number of benzene rings is 6. The predicted octanol–water partition coefficient (Wildman–Crippen LogP) is 16.4. The Morgan fingerprint density at radius 3 is 1.47 bits per heavy atom. The van der Waals surface area contributed by atoms with Gasteiger partial charge in [0, 0.05) is 28.4 Å². The number of hydrogen-bond acceptors (Lipinski definition) is 3. The molecule has 0 aliphatic rings. The minimum absolute atomic E-state index is 0.00825. The maximum atomic E-state index is 11.3. The minimum Gasteiger partial charge on any atom is -0.507 e. The molecule has 64 heavy (non-hydrogen) atoms. The highest BCUT2D eigenvalue weighted by Gasteiger charge is 2.27. The first-order valence-corrected chi connectivity index (χ1v) is 23.0. The third kappa shape index (κ3) is 8.52. The van der Waals surface area contributed by atoms with Crippen LogP contribution in [-0.4, -0.2) is 19.6 Å². The summed E-state index contributed by atoms with van der Waals surface area (Å²) < 4.78 is 2.23. The fourth-order valence-corrected chi connectivity index (χ4v) is 8.71. The average molecular weight is 846 g/mol. The van der Waals surface area contributed by atoms with Gasteiger partial charge in [-0.25, -0.2) is 4.98 Å². The summed E-state index contributed by atoms with van der Waals surface area (Å²) in [4.78, 5) is 10.7. The number of fused-ring (bicyclic) bond motifs is 2. The molecule has 0 aliphatic heterocycles. The maximum absolute atomic E-state index is 11.3.